The molecule has 1 rings (SSSR count). The molecule has 1 aromatic heterocycles. The summed E-state index contributed by atoms with van der Waals surface area (Å²) < 4.78 is 48.4. The van der Waals surface area contributed by atoms with Gasteiger partial charge in [0, 0.05) is 17.1 Å². The summed E-state index contributed by atoms with van der Waals surface area (Å²) in [5.74, 6) is -3.99. The van der Waals surface area contributed by atoms with Crippen LogP contribution in [-0.2, 0) is 6.54 Å². The molecule has 0 aliphatic rings. The zero-order chi connectivity index (χ0) is 11.5. The van der Waals surface area contributed by atoms with Gasteiger partial charge in [-0.3, -0.25) is 0 Å². The van der Waals surface area contributed by atoms with E-state index in [1.807, 2.05) is 0 Å². The first-order chi connectivity index (χ1) is 6.93. The predicted octanol–water partition coefficient (Wildman–Crippen LogP) is 2.32. The molecule has 2 nitrogen and oxygen atoms in total. The van der Waals surface area contributed by atoms with Gasteiger partial charge in [0.1, 0.15) is 0 Å². The number of halogens is 4. The maximum Gasteiger partial charge on any atom is 0.319 e. The average molecular weight is 242 g/mol. The van der Waals surface area contributed by atoms with Crippen LogP contribution in [0.15, 0.2) is 11.4 Å². The Morgan fingerprint density at radius 2 is 2.13 bits per heavy atom. The van der Waals surface area contributed by atoms with E-state index in [0.29, 0.717) is 10.6 Å². The Hall–Kier alpha value is -0.820. The summed E-state index contributed by atoms with van der Waals surface area (Å²) in [7, 11) is 0. The number of thiophene rings is 1. The molecular weight excluding hydrogens is 232 g/mol. The Morgan fingerprint density at radius 1 is 1.47 bits per heavy atom. The summed E-state index contributed by atoms with van der Waals surface area (Å²) >= 11 is 1.29. The first-order valence-corrected chi connectivity index (χ1v) is 5.00. The molecule has 0 aliphatic heterocycles. The Kier molecular flexibility index (Phi) is 3.92. The van der Waals surface area contributed by atoms with Crippen LogP contribution in [0.2, 0.25) is 0 Å². The van der Waals surface area contributed by atoms with Crippen molar-refractivity contribution in [2.24, 2.45) is 0 Å². The van der Waals surface area contributed by atoms with E-state index < -0.39 is 18.9 Å². The maximum atomic E-state index is 12.4. The van der Waals surface area contributed by atoms with Gasteiger partial charge in [0.25, 0.3) is 0 Å². The van der Waals surface area contributed by atoms with Crippen LogP contribution in [-0.4, -0.2) is 18.9 Å². The lowest BCUT2D eigenvalue weighted by Crippen LogP contribution is -2.38. The number of rotatable bonds is 5. The molecule has 1 heterocycles. The zero-order valence-corrected chi connectivity index (χ0v) is 8.46. The average Bonchev–Trinajstić information content (AvgIpc) is 2.51. The van der Waals surface area contributed by atoms with Gasteiger partial charge in [-0.2, -0.15) is 8.78 Å². The lowest BCUT2D eigenvalue weighted by molar-refractivity contribution is -0.125. The molecule has 0 aromatic carbocycles. The van der Waals surface area contributed by atoms with E-state index in [0.717, 1.165) is 0 Å². The van der Waals surface area contributed by atoms with Crippen molar-refractivity contribution in [2.75, 3.05) is 12.3 Å². The molecule has 0 bridgehead atoms. The molecule has 0 fully saturated rings. The number of nitrogen functional groups attached to an aromatic ring is 1. The highest BCUT2D eigenvalue weighted by molar-refractivity contribution is 7.10. The van der Waals surface area contributed by atoms with Gasteiger partial charge in [-0.05, 0) is 11.4 Å². The highest BCUT2D eigenvalue weighted by Crippen LogP contribution is 2.22. The van der Waals surface area contributed by atoms with Gasteiger partial charge in [-0.1, -0.05) is 0 Å². The number of nitrogens with one attached hydrogen (secondary N) is 1. The Balaban J connectivity index is 2.37. The fourth-order valence-corrected chi connectivity index (χ4v) is 1.68. The minimum Gasteiger partial charge on any atom is -0.398 e. The summed E-state index contributed by atoms with van der Waals surface area (Å²) in [6, 6.07) is 1.63. The predicted molar refractivity (Wildman–Crippen MR) is 51.4 cm³/mol. The summed E-state index contributed by atoms with van der Waals surface area (Å²) in [5.41, 5.74) is 5.96. The van der Waals surface area contributed by atoms with E-state index in [1.165, 1.54) is 11.3 Å². The standard InChI is InChI=1S/C8H10F4N2S/c9-7(10)8(11,12)4-14-3-6-5(13)1-2-15-6/h1-2,7,14H,3-4,13H2. The molecule has 7 heteroatoms. The van der Waals surface area contributed by atoms with Crippen molar-refractivity contribution >= 4 is 17.0 Å². The topological polar surface area (TPSA) is 38.0 Å². The van der Waals surface area contributed by atoms with E-state index in [9.17, 15) is 17.6 Å². The smallest absolute Gasteiger partial charge is 0.319 e. The number of alkyl halides is 4. The van der Waals surface area contributed by atoms with Gasteiger partial charge in [0.05, 0.1) is 6.54 Å². The van der Waals surface area contributed by atoms with Crippen molar-refractivity contribution in [2.45, 2.75) is 18.9 Å². The largest absolute Gasteiger partial charge is 0.398 e. The van der Waals surface area contributed by atoms with Gasteiger partial charge in [-0.25, -0.2) is 8.78 Å². The van der Waals surface area contributed by atoms with Gasteiger partial charge < -0.3 is 11.1 Å². The third kappa shape index (κ3) is 3.35. The second-order valence-corrected chi connectivity index (χ2v) is 3.97. The number of hydrogen-bond acceptors (Lipinski definition) is 3. The molecule has 86 valence electrons. The maximum absolute atomic E-state index is 12.4. The molecule has 0 amide bonds. The lowest BCUT2D eigenvalue weighted by atomic mass is 10.3. The third-order valence-corrected chi connectivity index (χ3v) is 2.68. The van der Waals surface area contributed by atoms with Crippen LogP contribution >= 0.6 is 11.3 Å². The molecular formula is C8H10F4N2S. The first-order valence-electron chi connectivity index (χ1n) is 4.12. The van der Waals surface area contributed by atoms with E-state index >= 15 is 0 Å². The van der Waals surface area contributed by atoms with E-state index in [2.05, 4.69) is 5.32 Å². The molecule has 3 N–H and O–H groups in total. The van der Waals surface area contributed by atoms with Crippen molar-refractivity contribution in [3.63, 3.8) is 0 Å². The Labute approximate surface area is 88.1 Å². The highest BCUT2D eigenvalue weighted by atomic mass is 32.1. The van der Waals surface area contributed by atoms with E-state index in [1.54, 1.807) is 11.4 Å². The number of nitrogens with two attached hydrogens (primary N) is 1. The molecule has 0 saturated heterocycles. The second kappa shape index (κ2) is 4.80. The molecule has 1 aromatic rings. The molecule has 0 aliphatic carbocycles. The molecule has 0 radical (unpaired) electrons. The molecule has 0 unspecified atom stereocenters. The van der Waals surface area contributed by atoms with Crippen LogP contribution in [0.4, 0.5) is 23.2 Å². The van der Waals surface area contributed by atoms with E-state index in [4.69, 9.17) is 5.73 Å². The van der Waals surface area contributed by atoms with Crippen LogP contribution in [0.5, 0.6) is 0 Å². The minimum absolute atomic E-state index is 0.0752. The van der Waals surface area contributed by atoms with Gasteiger partial charge in [0.15, 0.2) is 0 Å². The molecule has 0 saturated carbocycles. The monoisotopic (exact) mass is 242 g/mol. The Morgan fingerprint density at radius 3 is 2.60 bits per heavy atom. The van der Waals surface area contributed by atoms with Gasteiger partial charge in [0.2, 0.25) is 0 Å². The fraction of sp³-hybridized carbons (Fsp3) is 0.500. The van der Waals surface area contributed by atoms with Crippen LogP contribution in [0.25, 0.3) is 0 Å². The van der Waals surface area contributed by atoms with Crippen LogP contribution in [0.1, 0.15) is 4.88 Å². The van der Waals surface area contributed by atoms with Crippen molar-refractivity contribution in [1.29, 1.82) is 0 Å². The van der Waals surface area contributed by atoms with Crippen molar-refractivity contribution < 1.29 is 17.6 Å². The second-order valence-electron chi connectivity index (χ2n) is 2.96. The van der Waals surface area contributed by atoms with Crippen LogP contribution in [0.3, 0.4) is 0 Å². The highest BCUT2D eigenvalue weighted by Gasteiger charge is 2.39. The number of hydrogen-bond donors (Lipinski definition) is 2. The van der Waals surface area contributed by atoms with Crippen LogP contribution in [0, 0.1) is 0 Å². The summed E-state index contributed by atoms with van der Waals surface area (Å²) in [5, 5.41) is 3.96. The summed E-state index contributed by atoms with van der Waals surface area (Å²) in [6.45, 7) is -0.978. The quantitative estimate of drug-likeness (QED) is 0.778. The fourth-order valence-electron chi connectivity index (χ4n) is 0.914. The minimum atomic E-state index is -3.99. The van der Waals surface area contributed by atoms with Crippen molar-refractivity contribution in [3.05, 3.63) is 16.3 Å². The van der Waals surface area contributed by atoms with Crippen molar-refractivity contribution in [1.82, 2.24) is 5.32 Å². The summed E-state index contributed by atoms with van der Waals surface area (Å²) in [4.78, 5) is 0.667. The SMILES string of the molecule is Nc1ccsc1CNCC(F)(F)C(F)F. The lowest BCUT2D eigenvalue weighted by Gasteiger charge is -2.15. The van der Waals surface area contributed by atoms with Gasteiger partial charge in [-0.15, -0.1) is 11.3 Å². The third-order valence-electron chi connectivity index (χ3n) is 1.75. The molecule has 0 atom stereocenters. The molecule has 15 heavy (non-hydrogen) atoms. The number of anilines is 1. The zero-order valence-electron chi connectivity index (χ0n) is 7.64. The van der Waals surface area contributed by atoms with Crippen molar-refractivity contribution in [3.8, 4) is 0 Å². The first kappa shape index (κ1) is 12.3. The normalized spacial score (nSPS) is 12.3. The summed E-state index contributed by atoms with van der Waals surface area (Å²) in [6.07, 6.45) is -3.65. The van der Waals surface area contributed by atoms with Gasteiger partial charge >= 0.3 is 12.3 Å². The van der Waals surface area contributed by atoms with E-state index in [-0.39, 0.29) is 6.54 Å². The van der Waals surface area contributed by atoms with Crippen LogP contribution < -0.4 is 11.1 Å². The molecule has 0 spiro atoms. The Bertz CT molecular complexity index is 313.